The first kappa shape index (κ1) is 32.3. The van der Waals surface area contributed by atoms with E-state index in [2.05, 4.69) is 18.8 Å². The normalized spacial score (nSPS) is 14.4. The van der Waals surface area contributed by atoms with Gasteiger partial charge in [0.05, 0.1) is 27.7 Å². The Morgan fingerprint density at radius 2 is 1.23 bits per heavy atom. The number of nitrogens with zero attached hydrogens (tertiary/aromatic N) is 2. The van der Waals surface area contributed by atoms with E-state index in [-0.39, 0.29) is 17.9 Å². The fourth-order valence-corrected chi connectivity index (χ4v) is 8.86. The van der Waals surface area contributed by atoms with E-state index in [1.54, 1.807) is 17.0 Å². The van der Waals surface area contributed by atoms with Crippen LogP contribution in [0.5, 0.6) is 0 Å². The topological polar surface area (TPSA) is 109 Å². The lowest BCUT2D eigenvalue weighted by Gasteiger charge is -2.35. The third-order valence-electron chi connectivity index (χ3n) is 11.3. The zero-order chi connectivity index (χ0) is 35.7. The zero-order valence-electron chi connectivity index (χ0n) is 29.4. The number of hydrogen-bond donors (Lipinski definition) is 1. The van der Waals surface area contributed by atoms with Gasteiger partial charge < -0.3 is 9.72 Å². The van der Waals surface area contributed by atoms with Crippen LogP contribution < -0.4 is 0 Å². The molecule has 0 aliphatic carbocycles. The highest BCUT2D eigenvalue weighted by Gasteiger charge is 2.41. The molecule has 260 valence electrons. The molecule has 2 aliphatic heterocycles. The summed E-state index contributed by atoms with van der Waals surface area (Å²) in [5, 5.41) is 5.94. The molecular weight excluding hydrogens is 651 g/mol. The van der Waals surface area contributed by atoms with Crippen LogP contribution in [0, 0.1) is 0 Å². The summed E-state index contributed by atoms with van der Waals surface area (Å²) in [5.74, 6) is -1.28. The smallest absolute Gasteiger partial charge is 0.346 e. The third-order valence-corrected chi connectivity index (χ3v) is 11.3. The van der Waals surface area contributed by atoms with Crippen LogP contribution in [0.25, 0.3) is 65.5 Å². The summed E-state index contributed by atoms with van der Waals surface area (Å²) in [7, 11) is 0. The van der Waals surface area contributed by atoms with Gasteiger partial charge in [-0.1, -0.05) is 114 Å². The molecule has 52 heavy (non-hydrogen) atoms. The van der Waals surface area contributed by atoms with Crippen LogP contribution in [-0.2, 0) is 4.74 Å². The second-order valence-corrected chi connectivity index (χ2v) is 14.4. The number of imide groups is 1. The van der Waals surface area contributed by atoms with E-state index < -0.39 is 11.9 Å². The van der Waals surface area contributed by atoms with Crippen LogP contribution in [0.15, 0.2) is 66.7 Å². The molecular formula is C44H39N3O5. The Morgan fingerprint density at radius 1 is 0.615 bits per heavy atom. The quantitative estimate of drug-likeness (QED) is 0.0341. The summed E-state index contributed by atoms with van der Waals surface area (Å²) in [5.41, 5.74) is 3.70. The number of fused-ring (bicyclic) bond motifs is 5. The molecule has 2 aliphatic rings. The lowest BCUT2D eigenvalue weighted by atomic mass is 9.81. The maximum atomic E-state index is 15.1. The molecule has 1 N–H and O–H groups in total. The van der Waals surface area contributed by atoms with Gasteiger partial charge in [0.25, 0.3) is 11.8 Å². The van der Waals surface area contributed by atoms with Crippen LogP contribution in [-0.4, -0.2) is 44.7 Å². The van der Waals surface area contributed by atoms with Crippen molar-refractivity contribution < 1.29 is 23.9 Å². The average molecular weight is 690 g/mol. The molecule has 0 saturated carbocycles. The van der Waals surface area contributed by atoms with E-state index in [0.717, 1.165) is 102 Å². The first-order valence-corrected chi connectivity index (χ1v) is 18.8. The lowest BCUT2D eigenvalue weighted by molar-refractivity contribution is 0.0389. The predicted molar refractivity (Wildman–Crippen MR) is 204 cm³/mol. The Labute approximate surface area is 300 Å². The highest BCUT2D eigenvalue weighted by atomic mass is 16.6. The van der Waals surface area contributed by atoms with Crippen molar-refractivity contribution in [1.29, 1.82) is 0 Å². The van der Waals surface area contributed by atoms with Gasteiger partial charge in [0.1, 0.15) is 5.82 Å². The van der Waals surface area contributed by atoms with Gasteiger partial charge in [0.2, 0.25) is 0 Å². The number of carbonyl (C=O) groups excluding carboxylic acids is 4. The molecule has 7 aromatic rings. The molecule has 0 radical (unpaired) electrons. The number of cyclic esters (lactones) is 2. The predicted octanol–water partition coefficient (Wildman–Crippen LogP) is 10.5. The number of imidazole rings is 1. The van der Waals surface area contributed by atoms with E-state index in [0.29, 0.717) is 49.9 Å². The Bertz CT molecular complexity index is 2590. The standard InChI is InChI=1S/C44H39N3O5/c1-3-5-7-12-16-25(17-13-8-6-4-2)47-41(48)29-21-18-27-26-19-22-30-33-31(44(51)52-43(30)50)23-20-28(32(26)33)36-34(27)35(29)37(42(47)49)39-38(36)45-40(46-39)24-14-10-9-11-15-24/h9-11,14-15,18-23,25H,3-8,12-13,16-17H2,1-2H3,(H,45,46). The largest absolute Gasteiger partial charge is 0.386 e. The van der Waals surface area contributed by atoms with Crippen molar-refractivity contribution in [1.82, 2.24) is 14.9 Å². The number of aromatic nitrogens is 2. The number of benzene rings is 6. The Balaban J connectivity index is 1.35. The van der Waals surface area contributed by atoms with Crippen molar-refractivity contribution in [3.8, 4) is 11.4 Å². The van der Waals surface area contributed by atoms with Crippen LogP contribution in [0.4, 0.5) is 0 Å². The minimum atomic E-state index is -0.677. The number of nitrogens with one attached hydrogen (secondary N) is 1. The van der Waals surface area contributed by atoms with Crippen LogP contribution in [0.3, 0.4) is 0 Å². The number of amides is 2. The third kappa shape index (κ3) is 4.69. The van der Waals surface area contributed by atoms with Crippen molar-refractivity contribution in [3.63, 3.8) is 0 Å². The van der Waals surface area contributed by atoms with Gasteiger partial charge in [-0.05, 0) is 52.6 Å². The lowest BCUT2D eigenvalue weighted by Crippen LogP contribution is -2.47. The van der Waals surface area contributed by atoms with Crippen molar-refractivity contribution in [3.05, 3.63) is 89.0 Å². The van der Waals surface area contributed by atoms with E-state index in [1.165, 1.54) is 0 Å². The van der Waals surface area contributed by atoms with Crippen molar-refractivity contribution in [2.45, 2.75) is 84.1 Å². The Kier molecular flexibility index (Phi) is 7.79. The van der Waals surface area contributed by atoms with Crippen molar-refractivity contribution in [2.75, 3.05) is 0 Å². The van der Waals surface area contributed by atoms with Gasteiger partial charge in [0, 0.05) is 38.7 Å². The molecule has 1 aromatic heterocycles. The molecule has 3 heterocycles. The Hall–Kier alpha value is -5.63. The summed E-state index contributed by atoms with van der Waals surface area (Å²) >= 11 is 0. The van der Waals surface area contributed by atoms with Crippen molar-refractivity contribution >= 4 is 77.9 Å². The average Bonchev–Trinajstić information content (AvgIpc) is 3.60. The van der Waals surface area contributed by atoms with E-state index in [9.17, 15) is 14.4 Å². The number of H-pyrrole nitrogens is 1. The van der Waals surface area contributed by atoms with Gasteiger partial charge in [-0.25, -0.2) is 14.6 Å². The van der Waals surface area contributed by atoms with Crippen LogP contribution in [0.1, 0.15) is 119 Å². The number of ether oxygens (including phenoxy) is 1. The van der Waals surface area contributed by atoms with Gasteiger partial charge in [-0.3, -0.25) is 14.5 Å². The Morgan fingerprint density at radius 3 is 1.88 bits per heavy atom. The second-order valence-electron chi connectivity index (χ2n) is 14.4. The molecule has 0 spiro atoms. The second kappa shape index (κ2) is 12.5. The molecule has 0 saturated heterocycles. The highest BCUT2D eigenvalue weighted by Crippen LogP contribution is 2.49. The number of esters is 2. The summed E-state index contributed by atoms with van der Waals surface area (Å²) in [6.07, 6.45) is 10.1. The fraction of sp³-hybridized carbons (Fsp3) is 0.295. The number of carbonyl (C=O) groups is 4. The summed E-state index contributed by atoms with van der Waals surface area (Å²) in [6.45, 7) is 4.38. The molecule has 0 atom stereocenters. The van der Waals surface area contributed by atoms with E-state index >= 15 is 4.79 Å². The number of unbranched alkanes of at least 4 members (excludes halogenated alkanes) is 6. The zero-order valence-corrected chi connectivity index (χ0v) is 29.4. The maximum absolute atomic E-state index is 15.1. The minimum Gasteiger partial charge on any atom is -0.386 e. The van der Waals surface area contributed by atoms with Gasteiger partial charge in [-0.15, -0.1) is 0 Å². The minimum absolute atomic E-state index is 0.204. The summed E-state index contributed by atoms with van der Waals surface area (Å²) in [4.78, 5) is 66.2. The van der Waals surface area contributed by atoms with Gasteiger partial charge in [-0.2, -0.15) is 0 Å². The summed E-state index contributed by atoms with van der Waals surface area (Å²) in [6, 6.07) is 20.6. The molecule has 8 heteroatoms. The van der Waals surface area contributed by atoms with E-state index in [1.807, 2.05) is 54.6 Å². The van der Waals surface area contributed by atoms with Crippen LogP contribution in [0.2, 0.25) is 0 Å². The van der Waals surface area contributed by atoms with Gasteiger partial charge >= 0.3 is 11.9 Å². The number of aromatic amines is 1. The maximum Gasteiger partial charge on any atom is 0.346 e. The fourth-order valence-electron chi connectivity index (χ4n) is 8.86. The van der Waals surface area contributed by atoms with Crippen LogP contribution >= 0.6 is 0 Å². The molecule has 0 unspecified atom stereocenters. The number of rotatable bonds is 12. The highest BCUT2D eigenvalue weighted by molar-refractivity contribution is 6.45. The first-order chi connectivity index (χ1) is 25.4. The molecule has 2 amide bonds. The SMILES string of the molecule is CCCCCCC(CCCCCC)N1C(=O)c2ccc3c4ccc5c6c(ccc(c64)c4c6nc(-c7ccccc7)[nH]c6c(c2c34)C1=O)C(=O)OC5=O. The molecule has 9 rings (SSSR count). The summed E-state index contributed by atoms with van der Waals surface area (Å²) < 4.78 is 5.09. The number of hydrogen-bond acceptors (Lipinski definition) is 6. The first-order valence-electron chi connectivity index (χ1n) is 18.8. The molecule has 6 aromatic carbocycles. The van der Waals surface area contributed by atoms with Crippen molar-refractivity contribution in [2.24, 2.45) is 0 Å². The molecule has 0 fully saturated rings. The molecule has 8 nitrogen and oxygen atoms in total. The monoisotopic (exact) mass is 689 g/mol. The van der Waals surface area contributed by atoms with E-state index in [4.69, 9.17) is 9.72 Å². The van der Waals surface area contributed by atoms with Gasteiger partial charge in [0.15, 0.2) is 0 Å². The molecule has 0 bridgehead atoms.